The second-order valence-corrected chi connectivity index (χ2v) is 6.48. The molecule has 0 aromatic heterocycles. The van der Waals surface area contributed by atoms with E-state index in [0.717, 1.165) is 19.3 Å². The summed E-state index contributed by atoms with van der Waals surface area (Å²) in [5.41, 5.74) is 0.593. The fourth-order valence-electron chi connectivity index (χ4n) is 4.07. The van der Waals surface area contributed by atoms with Gasteiger partial charge in [0.2, 0.25) is 0 Å². The topological polar surface area (TPSA) is 63.7 Å². The standard InChI is InChI=1S/C17H17NO4/c19-15-12-3-1-2-4-13(12)16(20)18(15)22-17(21)14-9-10-5-7-11(14)8-6-10/h1-4,10-11,14H,5-9H2. The second-order valence-electron chi connectivity index (χ2n) is 6.48. The molecule has 1 aromatic carbocycles. The molecule has 22 heavy (non-hydrogen) atoms. The smallest absolute Gasteiger partial charge is 0.329 e. The lowest BCUT2D eigenvalue weighted by atomic mass is 9.65. The van der Waals surface area contributed by atoms with Gasteiger partial charge < -0.3 is 4.84 Å². The molecule has 0 spiro atoms. The summed E-state index contributed by atoms with van der Waals surface area (Å²) in [4.78, 5) is 42.0. The highest BCUT2D eigenvalue weighted by Crippen LogP contribution is 2.45. The van der Waals surface area contributed by atoms with Gasteiger partial charge in [-0.05, 0) is 43.2 Å². The maximum atomic E-state index is 12.4. The minimum atomic E-state index is -0.546. The monoisotopic (exact) mass is 299 g/mol. The number of nitrogens with zero attached hydrogens (tertiary/aromatic N) is 1. The van der Waals surface area contributed by atoms with Gasteiger partial charge in [-0.25, -0.2) is 4.79 Å². The third-order valence-electron chi connectivity index (χ3n) is 5.29. The lowest BCUT2D eigenvalue weighted by Crippen LogP contribution is -2.41. The summed E-state index contributed by atoms with van der Waals surface area (Å²) in [6.45, 7) is 0. The minimum Gasteiger partial charge on any atom is -0.329 e. The van der Waals surface area contributed by atoms with E-state index in [0.29, 0.717) is 28.0 Å². The van der Waals surface area contributed by atoms with Crippen molar-refractivity contribution in [2.24, 2.45) is 17.8 Å². The van der Waals surface area contributed by atoms with Gasteiger partial charge in [-0.3, -0.25) is 9.59 Å². The molecular weight excluding hydrogens is 282 g/mol. The predicted octanol–water partition coefficient (Wildman–Crippen LogP) is 2.57. The fraction of sp³-hybridized carbons (Fsp3) is 0.471. The van der Waals surface area contributed by atoms with Crippen molar-refractivity contribution in [1.29, 1.82) is 0 Å². The summed E-state index contributed by atoms with van der Waals surface area (Å²) < 4.78 is 0. The Bertz CT molecular complexity index is 625. The third-order valence-corrected chi connectivity index (χ3v) is 5.29. The van der Waals surface area contributed by atoms with E-state index in [1.807, 2.05) is 0 Å². The van der Waals surface area contributed by atoms with Gasteiger partial charge in [0.1, 0.15) is 0 Å². The van der Waals surface area contributed by atoms with Crippen LogP contribution >= 0.6 is 0 Å². The summed E-state index contributed by atoms with van der Waals surface area (Å²) in [5.74, 6) is -0.761. The van der Waals surface area contributed by atoms with Gasteiger partial charge in [-0.15, -0.1) is 0 Å². The normalized spacial score (nSPS) is 29.6. The molecular formula is C17H17NO4. The highest BCUT2D eigenvalue weighted by Gasteiger charge is 2.44. The van der Waals surface area contributed by atoms with E-state index in [4.69, 9.17) is 4.84 Å². The van der Waals surface area contributed by atoms with Gasteiger partial charge in [-0.2, -0.15) is 0 Å². The quantitative estimate of drug-likeness (QED) is 0.787. The highest BCUT2D eigenvalue weighted by molar-refractivity contribution is 6.20. The number of hydrogen-bond acceptors (Lipinski definition) is 4. The van der Waals surface area contributed by atoms with Crippen LogP contribution in [0, 0.1) is 17.8 Å². The third kappa shape index (κ3) is 1.95. The number of benzene rings is 1. The van der Waals surface area contributed by atoms with E-state index in [2.05, 4.69) is 0 Å². The molecule has 4 aliphatic rings. The zero-order chi connectivity index (χ0) is 15.3. The van der Waals surface area contributed by atoms with Crippen molar-refractivity contribution in [1.82, 2.24) is 5.06 Å². The highest BCUT2D eigenvalue weighted by atomic mass is 16.7. The van der Waals surface area contributed by atoms with Crippen molar-refractivity contribution < 1.29 is 19.2 Å². The molecule has 3 saturated carbocycles. The molecule has 1 unspecified atom stereocenters. The largest absolute Gasteiger partial charge is 0.336 e. The first kappa shape index (κ1) is 13.5. The van der Waals surface area contributed by atoms with Crippen LogP contribution in [0.15, 0.2) is 24.3 Å². The van der Waals surface area contributed by atoms with Crippen LogP contribution in [0.1, 0.15) is 52.8 Å². The maximum Gasteiger partial charge on any atom is 0.336 e. The SMILES string of the molecule is O=C(ON1C(=O)c2ccccc2C1=O)C1CC2CCC1CC2. The first-order valence-electron chi connectivity index (χ1n) is 7.85. The Hall–Kier alpha value is -2.17. The van der Waals surface area contributed by atoms with Crippen molar-refractivity contribution >= 4 is 17.8 Å². The number of hydroxylamine groups is 2. The Morgan fingerprint density at radius 3 is 2.09 bits per heavy atom. The maximum absolute atomic E-state index is 12.4. The summed E-state index contributed by atoms with van der Waals surface area (Å²) in [6, 6.07) is 6.53. The lowest BCUT2D eigenvalue weighted by Gasteiger charge is -2.40. The minimum absolute atomic E-state index is 0.170. The molecule has 5 heteroatoms. The van der Waals surface area contributed by atoms with Crippen molar-refractivity contribution in [2.75, 3.05) is 0 Å². The molecule has 2 bridgehead atoms. The van der Waals surface area contributed by atoms with Gasteiger partial charge >= 0.3 is 5.97 Å². The number of amides is 2. The molecule has 1 atom stereocenters. The predicted molar refractivity (Wildman–Crippen MR) is 76.6 cm³/mol. The molecule has 1 heterocycles. The Morgan fingerprint density at radius 2 is 1.59 bits per heavy atom. The van der Waals surface area contributed by atoms with E-state index in [9.17, 15) is 14.4 Å². The Labute approximate surface area is 128 Å². The first-order valence-corrected chi connectivity index (χ1v) is 7.85. The number of fused-ring (bicyclic) bond motifs is 4. The zero-order valence-corrected chi connectivity index (χ0v) is 12.2. The van der Waals surface area contributed by atoms with E-state index >= 15 is 0 Å². The Kier molecular flexibility index (Phi) is 3.03. The summed E-state index contributed by atoms with van der Waals surface area (Å²) in [7, 11) is 0. The van der Waals surface area contributed by atoms with Gasteiger partial charge in [0.15, 0.2) is 0 Å². The molecule has 0 radical (unpaired) electrons. The summed E-state index contributed by atoms with van der Waals surface area (Å²) >= 11 is 0. The van der Waals surface area contributed by atoms with Crippen LogP contribution in [0.3, 0.4) is 0 Å². The molecule has 0 saturated heterocycles. The molecule has 5 nitrogen and oxygen atoms in total. The van der Waals surface area contributed by atoms with E-state index < -0.39 is 17.8 Å². The lowest BCUT2D eigenvalue weighted by molar-refractivity contribution is -0.179. The van der Waals surface area contributed by atoms with Crippen molar-refractivity contribution in [3.8, 4) is 0 Å². The van der Waals surface area contributed by atoms with Crippen LogP contribution in [0.4, 0.5) is 0 Å². The van der Waals surface area contributed by atoms with Crippen LogP contribution in [0.5, 0.6) is 0 Å². The van der Waals surface area contributed by atoms with E-state index in [1.54, 1.807) is 24.3 Å². The summed E-state index contributed by atoms with van der Waals surface area (Å²) in [5, 5.41) is 0.634. The second kappa shape index (κ2) is 4.93. The zero-order valence-electron chi connectivity index (χ0n) is 12.2. The van der Waals surface area contributed by atoms with Crippen molar-refractivity contribution in [2.45, 2.75) is 32.1 Å². The van der Waals surface area contributed by atoms with Crippen LogP contribution in [0.2, 0.25) is 0 Å². The number of imide groups is 1. The average Bonchev–Trinajstić information content (AvgIpc) is 2.81. The molecule has 1 aromatic rings. The van der Waals surface area contributed by atoms with Crippen LogP contribution < -0.4 is 0 Å². The average molecular weight is 299 g/mol. The van der Waals surface area contributed by atoms with Crippen molar-refractivity contribution in [3.05, 3.63) is 35.4 Å². The van der Waals surface area contributed by atoms with Crippen LogP contribution in [0.25, 0.3) is 0 Å². The Morgan fingerprint density at radius 1 is 1.00 bits per heavy atom. The van der Waals surface area contributed by atoms with Gasteiger partial charge in [0.25, 0.3) is 11.8 Å². The fourth-order valence-corrected chi connectivity index (χ4v) is 4.07. The molecule has 2 amide bonds. The molecule has 114 valence electrons. The molecule has 0 N–H and O–H groups in total. The van der Waals surface area contributed by atoms with Gasteiger partial charge in [0.05, 0.1) is 17.0 Å². The van der Waals surface area contributed by atoms with E-state index in [1.165, 1.54) is 12.8 Å². The molecule has 5 rings (SSSR count). The van der Waals surface area contributed by atoms with Gasteiger partial charge in [-0.1, -0.05) is 30.0 Å². The number of carbonyl (C=O) groups excluding carboxylic acids is 3. The number of carbonyl (C=O) groups is 3. The number of rotatable bonds is 2. The summed E-state index contributed by atoms with van der Waals surface area (Å²) in [6.07, 6.45) is 5.29. The van der Waals surface area contributed by atoms with E-state index in [-0.39, 0.29) is 5.92 Å². The van der Waals surface area contributed by atoms with Crippen LogP contribution in [-0.2, 0) is 9.63 Å². The number of hydrogen-bond donors (Lipinski definition) is 0. The Balaban J connectivity index is 1.51. The molecule has 3 aliphatic carbocycles. The first-order chi connectivity index (χ1) is 10.6. The van der Waals surface area contributed by atoms with Gasteiger partial charge in [0, 0.05) is 0 Å². The molecule has 3 fully saturated rings. The van der Waals surface area contributed by atoms with Crippen molar-refractivity contribution in [3.63, 3.8) is 0 Å². The molecule has 1 aliphatic heterocycles. The van der Waals surface area contributed by atoms with Crippen LogP contribution in [-0.4, -0.2) is 22.8 Å².